The summed E-state index contributed by atoms with van der Waals surface area (Å²) in [7, 11) is 1.72. The van der Waals surface area contributed by atoms with Crippen LogP contribution < -0.4 is 4.90 Å². The number of nitrogens with zero attached hydrogens (tertiary/aromatic N) is 2. The first kappa shape index (κ1) is 12.8. The van der Waals surface area contributed by atoms with Gasteiger partial charge in [0.25, 0.3) is 0 Å². The molecular formula is C13H18N2O3. The van der Waals surface area contributed by atoms with E-state index in [0.29, 0.717) is 5.92 Å². The van der Waals surface area contributed by atoms with Crippen molar-refractivity contribution < 1.29 is 14.6 Å². The first-order valence-electron chi connectivity index (χ1n) is 6.14. The molecule has 1 fully saturated rings. The molecule has 1 aromatic heterocycles. The average Bonchev–Trinajstić information content (AvgIpc) is 2.39. The Kier molecular flexibility index (Phi) is 4.15. The van der Waals surface area contributed by atoms with Gasteiger partial charge in [-0.25, -0.2) is 9.78 Å². The molecular weight excluding hydrogens is 232 g/mol. The summed E-state index contributed by atoms with van der Waals surface area (Å²) in [6, 6.07) is 3.38. The normalized spacial score (nSPS) is 19.8. The SMILES string of the molecule is COCC1CCCN(c2ccc(C(=O)O)cn2)C1. The number of ether oxygens (including phenoxy) is 1. The minimum absolute atomic E-state index is 0.226. The van der Waals surface area contributed by atoms with E-state index in [1.807, 2.05) is 0 Å². The maximum atomic E-state index is 10.8. The van der Waals surface area contributed by atoms with Crippen LogP contribution in [0.2, 0.25) is 0 Å². The van der Waals surface area contributed by atoms with Gasteiger partial charge in [-0.2, -0.15) is 0 Å². The van der Waals surface area contributed by atoms with E-state index in [2.05, 4.69) is 9.88 Å². The van der Waals surface area contributed by atoms with Crippen LogP contribution in [0.15, 0.2) is 18.3 Å². The van der Waals surface area contributed by atoms with E-state index < -0.39 is 5.97 Å². The van der Waals surface area contributed by atoms with Crippen LogP contribution in [-0.4, -0.2) is 42.9 Å². The summed E-state index contributed by atoms with van der Waals surface area (Å²) in [4.78, 5) is 17.2. The number of hydrogen-bond acceptors (Lipinski definition) is 4. The van der Waals surface area contributed by atoms with Crippen molar-refractivity contribution >= 4 is 11.8 Å². The monoisotopic (exact) mass is 250 g/mol. The molecule has 0 aromatic carbocycles. The van der Waals surface area contributed by atoms with Crippen molar-refractivity contribution in [3.63, 3.8) is 0 Å². The molecule has 1 saturated heterocycles. The zero-order chi connectivity index (χ0) is 13.0. The van der Waals surface area contributed by atoms with Crippen LogP contribution in [-0.2, 0) is 4.74 Å². The largest absolute Gasteiger partial charge is 0.478 e. The Bertz CT molecular complexity index is 403. The third-order valence-electron chi connectivity index (χ3n) is 3.24. The molecule has 1 atom stereocenters. The smallest absolute Gasteiger partial charge is 0.337 e. The lowest BCUT2D eigenvalue weighted by Crippen LogP contribution is -2.37. The topological polar surface area (TPSA) is 62.7 Å². The Balaban J connectivity index is 2.04. The number of carbonyl (C=O) groups is 1. The van der Waals surface area contributed by atoms with Gasteiger partial charge in [-0.1, -0.05) is 0 Å². The van der Waals surface area contributed by atoms with Crippen LogP contribution in [0.3, 0.4) is 0 Å². The number of pyridine rings is 1. The van der Waals surface area contributed by atoms with Crippen LogP contribution >= 0.6 is 0 Å². The third kappa shape index (κ3) is 2.98. The summed E-state index contributed by atoms with van der Waals surface area (Å²) >= 11 is 0. The van der Waals surface area contributed by atoms with Gasteiger partial charge in [0, 0.05) is 26.4 Å². The summed E-state index contributed by atoms with van der Waals surface area (Å²) in [6.45, 7) is 2.66. The van der Waals surface area contributed by atoms with Gasteiger partial charge in [0.1, 0.15) is 5.82 Å². The number of carboxylic acid groups (broad SMARTS) is 1. The summed E-state index contributed by atoms with van der Waals surface area (Å²) < 4.78 is 5.19. The van der Waals surface area contributed by atoms with Gasteiger partial charge in [-0.15, -0.1) is 0 Å². The third-order valence-corrected chi connectivity index (χ3v) is 3.24. The number of aromatic nitrogens is 1. The second-order valence-corrected chi connectivity index (χ2v) is 4.62. The molecule has 0 amide bonds. The Hall–Kier alpha value is -1.62. The highest BCUT2D eigenvalue weighted by molar-refractivity contribution is 5.87. The quantitative estimate of drug-likeness (QED) is 0.880. The molecule has 0 saturated carbocycles. The number of hydrogen-bond donors (Lipinski definition) is 1. The van der Waals surface area contributed by atoms with Crippen molar-refractivity contribution in [3.8, 4) is 0 Å². The molecule has 1 aliphatic heterocycles. The highest BCUT2D eigenvalue weighted by Crippen LogP contribution is 2.21. The van der Waals surface area contributed by atoms with Gasteiger partial charge < -0.3 is 14.7 Å². The van der Waals surface area contributed by atoms with Crippen LogP contribution in [0.5, 0.6) is 0 Å². The molecule has 18 heavy (non-hydrogen) atoms. The first-order chi connectivity index (χ1) is 8.70. The van der Waals surface area contributed by atoms with Gasteiger partial charge in [-0.3, -0.25) is 0 Å². The Morgan fingerprint density at radius 2 is 2.44 bits per heavy atom. The van der Waals surface area contributed by atoms with Gasteiger partial charge in [0.05, 0.1) is 12.2 Å². The molecule has 1 N–H and O–H groups in total. The number of rotatable bonds is 4. The van der Waals surface area contributed by atoms with Crippen molar-refractivity contribution in [1.82, 2.24) is 4.98 Å². The van der Waals surface area contributed by atoms with Gasteiger partial charge in [0.15, 0.2) is 0 Å². The molecule has 2 rings (SSSR count). The van der Waals surface area contributed by atoms with E-state index in [1.54, 1.807) is 19.2 Å². The highest BCUT2D eigenvalue weighted by Gasteiger charge is 2.20. The van der Waals surface area contributed by atoms with Gasteiger partial charge >= 0.3 is 5.97 Å². The predicted octanol–water partition coefficient (Wildman–Crippen LogP) is 1.64. The van der Waals surface area contributed by atoms with E-state index >= 15 is 0 Å². The molecule has 0 bridgehead atoms. The summed E-state index contributed by atoms with van der Waals surface area (Å²) in [5.74, 6) is 0.440. The number of piperidine rings is 1. The molecule has 5 heteroatoms. The predicted molar refractivity (Wildman–Crippen MR) is 68.0 cm³/mol. The molecule has 0 spiro atoms. The fourth-order valence-corrected chi connectivity index (χ4v) is 2.34. The second-order valence-electron chi connectivity index (χ2n) is 4.62. The van der Waals surface area contributed by atoms with Crippen molar-refractivity contribution in [2.24, 2.45) is 5.92 Å². The lowest BCUT2D eigenvalue weighted by Gasteiger charge is -2.33. The van der Waals surface area contributed by atoms with Crippen molar-refractivity contribution in [2.75, 3.05) is 31.7 Å². The summed E-state index contributed by atoms with van der Waals surface area (Å²) in [5, 5.41) is 8.83. The Morgan fingerprint density at radius 1 is 1.61 bits per heavy atom. The fourth-order valence-electron chi connectivity index (χ4n) is 2.34. The maximum Gasteiger partial charge on any atom is 0.337 e. The minimum Gasteiger partial charge on any atom is -0.478 e. The van der Waals surface area contributed by atoms with E-state index in [4.69, 9.17) is 9.84 Å². The van der Waals surface area contributed by atoms with E-state index in [1.165, 1.54) is 12.6 Å². The number of anilines is 1. The molecule has 1 unspecified atom stereocenters. The van der Waals surface area contributed by atoms with Gasteiger partial charge in [0.2, 0.25) is 0 Å². The Morgan fingerprint density at radius 3 is 3.06 bits per heavy atom. The molecule has 2 heterocycles. The average molecular weight is 250 g/mol. The molecule has 5 nitrogen and oxygen atoms in total. The van der Waals surface area contributed by atoms with Crippen LogP contribution in [0.25, 0.3) is 0 Å². The second kappa shape index (κ2) is 5.82. The van der Waals surface area contributed by atoms with Crippen LogP contribution in [0.4, 0.5) is 5.82 Å². The number of methoxy groups -OCH3 is 1. The van der Waals surface area contributed by atoms with E-state index in [0.717, 1.165) is 31.9 Å². The fraction of sp³-hybridized carbons (Fsp3) is 0.538. The Labute approximate surface area is 106 Å². The van der Waals surface area contributed by atoms with E-state index in [9.17, 15) is 4.79 Å². The van der Waals surface area contributed by atoms with Crippen molar-refractivity contribution in [2.45, 2.75) is 12.8 Å². The summed E-state index contributed by atoms with van der Waals surface area (Å²) in [6.07, 6.45) is 3.71. The van der Waals surface area contributed by atoms with Crippen LogP contribution in [0, 0.1) is 5.92 Å². The summed E-state index contributed by atoms with van der Waals surface area (Å²) in [5.41, 5.74) is 0.226. The minimum atomic E-state index is -0.940. The molecule has 0 aliphatic carbocycles. The molecule has 0 radical (unpaired) electrons. The van der Waals surface area contributed by atoms with Crippen molar-refractivity contribution in [1.29, 1.82) is 0 Å². The van der Waals surface area contributed by atoms with Crippen molar-refractivity contribution in [3.05, 3.63) is 23.9 Å². The molecule has 1 aliphatic rings. The number of carboxylic acids is 1. The van der Waals surface area contributed by atoms with Crippen LogP contribution in [0.1, 0.15) is 23.2 Å². The first-order valence-corrected chi connectivity index (χ1v) is 6.14. The van der Waals surface area contributed by atoms with Gasteiger partial charge in [-0.05, 0) is 30.9 Å². The lowest BCUT2D eigenvalue weighted by atomic mass is 9.99. The highest BCUT2D eigenvalue weighted by atomic mass is 16.5. The lowest BCUT2D eigenvalue weighted by molar-refractivity contribution is 0.0696. The standard InChI is InChI=1S/C13H18N2O3/c1-18-9-10-3-2-6-15(8-10)12-5-4-11(7-14-12)13(16)17/h4-5,7,10H,2-3,6,8-9H2,1H3,(H,16,17). The van der Waals surface area contributed by atoms with E-state index in [-0.39, 0.29) is 5.56 Å². The zero-order valence-electron chi connectivity index (χ0n) is 10.5. The zero-order valence-corrected chi connectivity index (χ0v) is 10.5. The molecule has 98 valence electrons. The maximum absolute atomic E-state index is 10.8. The number of aromatic carboxylic acids is 1. The molecule has 1 aromatic rings.